The number of nitrogens with zero attached hydrogens (tertiary/aromatic N) is 2. The third-order valence-corrected chi connectivity index (χ3v) is 10.3. The van der Waals surface area contributed by atoms with Crippen molar-refractivity contribution in [3.63, 3.8) is 0 Å². The fourth-order valence-electron chi connectivity index (χ4n) is 7.90. The second-order valence-electron chi connectivity index (χ2n) is 13.6. The van der Waals surface area contributed by atoms with E-state index in [2.05, 4.69) is 164 Å². The summed E-state index contributed by atoms with van der Waals surface area (Å²) in [5, 5.41) is 2.24. The molecule has 0 radical (unpaired) electrons. The maximum atomic E-state index is 6.89. The smallest absolute Gasteiger partial charge is 0.256 e. The molecule has 3 heterocycles. The summed E-state index contributed by atoms with van der Waals surface area (Å²) in [6.07, 6.45) is 0. The van der Waals surface area contributed by atoms with E-state index in [0.29, 0.717) is 0 Å². The van der Waals surface area contributed by atoms with Gasteiger partial charge in [0.15, 0.2) is 0 Å². The summed E-state index contributed by atoms with van der Waals surface area (Å²) in [4.78, 5) is 4.68. The maximum Gasteiger partial charge on any atom is 0.256 e. The fraction of sp³-hybridized carbons (Fsp3) is 0.0667. The molecule has 50 heavy (non-hydrogen) atoms. The highest BCUT2D eigenvalue weighted by Gasteiger charge is 2.41. The normalized spacial score (nSPS) is 12.8. The van der Waals surface area contributed by atoms with Crippen molar-refractivity contribution in [2.24, 2.45) is 0 Å². The first-order valence-electron chi connectivity index (χ1n) is 17.2. The summed E-state index contributed by atoms with van der Waals surface area (Å²) >= 11 is 0. The van der Waals surface area contributed by atoms with Crippen molar-refractivity contribution in [3.8, 4) is 11.5 Å². The Labute approximate surface area is 291 Å². The van der Waals surface area contributed by atoms with E-state index in [4.69, 9.17) is 9.15 Å². The fourth-order valence-corrected chi connectivity index (χ4v) is 7.90. The zero-order chi connectivity index (χ0) is 33.5. The molecule has 8 aromatic rings. The highest BCUT2D eigenvalue weighted by molar-refractivity contribution is 6.99. The quantitative estimate of drug-likeness (QED) is 0.178. The van der Waals surface area contributed by atoms with Crippen LogP contribution in [0.5, 0.6) is 11.5 Å². The highest BCUT2D eigenvalue weighted by Crippen LogP contribution is 2.43. The molecule has 1 aromatic heterocycles. The van der Waals surface area contributed by atoms with E-state index in [0.717, 1.165) is 61.9 Å². The second-order valence-corrected chi connectivity index (χ2v) is 13.6. The van der Waals surface area contributed by atoms with Crippen LogP contribution in [-0.2, 0) is 0 Å². The minimum atomic E-state index is 0.0373. The number of ether oxygens (including phenoxy) is 1. The van der Waals surface area contributed by atoms with Crippen molar-refractivity contribution in [1.29, 1.82) is 0 Å². The van der Waals surface area contributed by atoms with E-state index >= 15 is 0 Å². The molecule has 0 bridgehead atoms. The third kappa shape index (κ3) is 4.40. The molecule has 10 rings (SSSR count). The molecule has 0 unspecified atom stereocenters. The molecule has 5 heteroatoms. The zero-order valence-electron chi connectivity index (χ0n) is 28.1. The van der Waals surface area contributed by atoms with Crippen molar-refractivity contribution in [1.82, 2.24) is 0 Å². The van der Waals surface area contributed by atoms with Gasteiger partial charge in [-0.25, -0.2) is 0 Å². The summed E-state index contributed by atoms with van der Waals surface area (Å²) in [5.41, 5.74) is 15.7. The van der Waals surface area contributed by atoms with Crippen molar-refractivity contribution < 1.29 is 9.15 Å². The van der Waals surface area contributed by atoms with Crippen LogP contribution in [0.25, 0.3) is 21.9 Å². The molecular formula is C45H33BN2O2. The molecule has 2 aliphatic rings. The molecule has 0 amide bonds. The van der Waals surface area contributed by atoms with Crippen LogP contribution in [-0.4, -0.2) is 6.71 Å². The molecule has 0 fully saturated rings. The number of rotatable bonds is 4. The Balaban J connectivity index is 1.14. The van der Waals surface area contributed by atoms with Gasteiger partial charge in [-0.05, 0) is 104 Å². The van der Waals surface area contributed by atoms with Gasteiger partial charge in [-0.3, -0.25) is 0 Å². The number of fused-ring (bicyclic) bond motifs is 7. The summed E-state index contributed by atoms with van der Waals surface area (Å²) in [5.74, 6) is 1.77. The first-order chi connectivity index (χ1) is 24.5. The number of para-hydroxylation sites is 1. The van der Waals surface area contributed by atoms with Crippen LogP contribution in [0, 0.1) is 20.8 Å². The van der Waals surface area contributed by atoms with E-state index in [1.54, 1.807) is 0 Å². The first-order valence-corrected chi connectivity index (χ1v) is 17.2. The van der Waals surface area contributed by atoms with Gasteiger partial charge in [-0.1, -0.05) is 83.4 Å². The van der Waals surface area contributed by atoms with Gasteiger partial charge >= 0.3 is 0 Å². The van der Waals surface area contributed by atoms with E-state index in [-0.39, 0.29) is 6.71 Å². The first kappa shape index (κ1) is 28.8. The van der Waals surface area contributed by atoms with Crippen LogP contribution < -0.4 is 30.9 Å². The minimum Gasteiger partial charge on any atom is -0.458 e. The van der Waals surface area contributed by atoms with Crippen molar-refractivity contribution in [2.45, 2.75) is 20.8 Å². The van der Waals surface area contributed by atoms with Crippen LogP contribution >= 0.6 is 0 Å². The van der Waals surface area contributed by atoms with E-state index in [9.17, 15) is 0 Å². The Hall–Kier alpha value is -6.20. The lowest BCUT2D eigenvalue weighted by atomic mass is 9.34. The average molecular weight is 645 g/mol. The van der Waals surface area contributed by atoms with Gasteiger partial charge in [0.05, 0.1) is 0 Å². The Kier molecular flexibility index (Phi) is 6.28. The lowest BCUT2D eigenvalue weighted by molar-refractivity contribution is 0.487. The summed E-state index contributed by atoms with van der Waals surface area (Å²) < 4.78 is 13.2. The predicted octanol–water partition coefficient (Wildman–Crippen LogP) is 10.4. The van der Waals surface area contributed by atoms with Gasteiger partial charge in [0.25, 0.3) is 6.71 Å². The number of benzene rings is 7. The summed E-state index contributed by atoms with van der Waals surface area (Å²) in [6.45, 7) is 6.47. The third-order valence-electron chi connectivity index (χ3n) is 10.3. The topological polar surface area (TPSA) is 28.9 Å². The van der Waals surface area contributed by atoms with E-state index in [1.807, 2.05) is 12.1 Å². The minimum absolute atomic E-state index is 0.0373. The van der Waals surface area contributed by atoms with Crippen LogP contribution in [0.3, 0.4) is 0 Å². The molecule has 0 atom stereocenters. The van der Waals surface area contributed by atoms with Gasteiger partial charge in [-0.2, -0.15) is 0 Å². The zero-order valence-corrected chi connectivity index (χ0v) is 28.1. The van der Waals surface area contributed by atoms with Gasteiger partial charge < -0.3 is 19.0 Å². The Morgan fingerprint density at radius 3 is 2.04 bits per heavy atom. The van der Waals surface area contributed by atoms with Crippen molar-refractivity contribution >= 4 is 79.2 Å². The molecule has 2 aliphatic heterocycles. The number of aryl methyl sites for hydroxylation is 3. The van der Waals surface area contributed by atoms with E-state index in [1.165, 1.54) is 38.8 Å². The van der Waals surface area contributed by atoms with Gasteiger partial charge in [-0.15, -0.1) is 0 Å². The van der Waals surface area contributed by atoms with Crippen LogP contribution in [0.2, 0.25) is 0 Å². The van der Waals surface area contributed by atoms with E-state index < -0.39 is 0 Å². The Morgan fingerprint density at radius 1 is 0.500 bits per heavy atom. The molecular weight excluding hydrogens is 611 g/mol. The highest BCUT2D eigenvalue weighted by atomic mass is 16.5. The van der Waals surface area contributed by atoms with Gasteiger partial charge in [0.2, 0.25) is 0 Å². The molecule has 0 N–H and O–H groups in total. The molecule has 0 saturated heterocycles. The number of hydrogen-bond acceptors (Lipinski definition) is 4. The Bertz CT molecular complexity index is 2620. The molecule has 4 nitrogen and oxygen atoms in total. The number of furan rings is 1. The van der Waals surface area contributed by atoms with Crippen molar-refractivity contribution in [2.75, 3.05) is 9.80 Å². The van der Waals surface area contributed by atoms with Crippen molar-refractivity contribution in [3.05, 3.63) is 162 Å². The maximum absolute atomic E-state index is 6.89. The van der Waals surface area contributed by atoms with Gasteiger partial charge in [0.1, 0.15) is 22.7 Å². The molecule has 0 aliphatic carbocycles. The largest absolute Gasteiger partial charge is 0.458 e. The predicted molar refractivity (Wildman–Crippen MR) is 208 cm³/mol. The SMILES string of the molecule is Cc1ccc(N(c2ccc3c(c2)Oc2cccc4c2B3c2cc(C)ccc2N4c2ccc(C)cc2)c2ccc3c(c2)oc2ccccc23)cc1. The lowest BCUT2D eigenvalue weighted by Crippen LogP contribution is -2.59. The molecule has 0 saturated carbocycles. The van der Waals surface area contributed by atoms with Crippen LogP contribution in [0.1, 0.15) is 16.7 Å². The van der Waals surface area contributed by atoms with Crippen LogP contribution in [0.15, 0.2) is 150 Å². The lowest BCUT2D eigenvalue weighted by Gasteiger charge is -2.40. The number of hydrogen-bond donors (Lipinski definition) is 0. The molecule has 238 valence electrons. The van der Waals surface area contributed by atoms with Crippen LogP contribution in [0.4, 0.5) is 34.1 Å². The van der Waals surface area contributed by atoms with Gasteiger partial charge in [0, 0.05) is 57.0 Å². The summed E-state index contributed by atoms with van der Waals surface area (Å²) in [7, 11) is 0. The Morgan fingerprint density at radius 2 is 1.20 bits per heavy atom. The average Bonchev–Trinajstić information content (AvgIpc) is 3.51. The summed E-state index contributed by atoms with van der Waals surface area (Å²) in [6, 6.07) is 52.2. The second kappa shape index (κ2) is 10.9. The standard InChI is InChI=1S/C45H33BN2O2/c1-28-11-16-31(17-12-28)47(33-20-22-36-35-7-4-5-9-41(35)49-43(36)26-33)34-21-23-37-44(27-34)50-42-10-6-8-40-45(42)46(37)38-25-30(3)15-24-39(38)48(40)32-18-13-29(2)14-19-32/h4-27H,1-3H3. The molecule has 0 spiro atoms. The number of anilines is 6. The monoisotopic (exact) mass is 644 g/mol. The molecule has 7 aromatic carbocycles.